The summed E-state index contributed by atoms with van der Waals surface area (Å²) < 4.78 is 0. The van der Waals surface area contributed by atoms with Crippen LogP contribution in [-0.4, -0.2) is 28.8 Å². The van der Waals surface area contributed by atoms with Crippen LogP contribution in [0.4, 0.5) is 0 Å². The number of carbonyl (C=O) groups excluding carboxylic acids is 2. The molecule has 29 heavy (non-hydrogen) atoms. The van der Waals surface area contributed by atoms with Gasteiger partial charge in [-0.2, -0.15) is 0 Å². The van der Waals surface area contributed by atoms with E-state index in [9.17, 15) is 9.59 Å². The minimum absolute atomic E-state index is 0.0241. The molecule has 0 heterocycles. The molecule has 0 saturated heterocycles. The highest BCUT2D eigenvalue weighted by Crippen LogP contribution is 2.19. The number of rotatable bonds is 7. The van der Waals surface area contributed by atoms with E-state index in [0.29, 0.717) is 13.0 Å². The molecule has 4 nitrogen and oxygen atoms in total. The number of aryl methyl sites for hydroxylation is 1. The van der Waals surface area contributed by atoms with Crippen molar-refractivity contribution in [2.45, 2.75) is 71.0 Å². The molecule has 1 fully saturated rings. The first kappa shape index (κ1) is 21.1. The van der Waals surface area contributed by atoms with Gasteiger partial charge in [-0.3, -0.25) is 9.59 Å². The summed E-state index contributed by atoms with van der Waals surface area (Å²) in [7, 11) is 0. The summed E-state index contributed by atoms with van der Waals surface area (Å²) in [6, 6.07) is 17.6. The molecule has 154 valence electrons. The van der Waals surface area contributed by atoms with Crippen LogP contribution < -0.4 is 5.32 Å². The Morgan fingerprint density at radius 2 is 1.69 bits per heavy atom. The molecule has 1 atom stereocenters. The third kappa shape index (κ3) is 6.18. The van der Waals surface area contributed by atoms with Crippen molar-refractivity contribution < 1.29 is 9.59 Å². The molecule has 2 aromatic rings. The van der Waals surface area contributed by atoms with Crippen LogP contribution in [0.1, 0.15) is 55.7 Å². The summed E-state index contributed by atoms with van der Waals surface area (Å²) in [5.41, 5.74) is 3.16. The van der Waals surface area contributed by atoms with Gasteiger partial charge in [0.15, 0.2) is 0 Å². The van der Waals surface area contributed by atoms with Crippen molar-refractivity contribution in [1.29, 1.82) is 0 Å². The van der Waals surface area contributed by atoms with Crippen LogP contribution in [0.3, 0.4) is 0 Å². The highest BCUT2D eigenvalue weighted by Gasteiger charge is 2.28. The van der Waals surface area contributed by atoms with E-state index in [2.05, 4.69) is 11.4 Å². The van der Waals surface area contributed by atoms with Gasteiger partial charge in [0.05, 0.1) is 6.42 Å². The van der Waals surface area contributed by atoms with Gasteiger partial charge >= 0.3 is 0 Å². The number of carbonyl (C=O) groups is 2. The number of amides is 2. The second-order valence-corrected chi connectivity index (χ2v) is 8.19. The number of nitrogens with one attached hydrogen (secondary N) is 1. The highest BCUT2D eigenvalue weighted by atomic mass is 16.2. The smallest absolute Gasteiger partial charge is 0.242 e. The maximum absolute atomic E-state index is 13.2. The first-order valence-electron chi connectivity index (χ1n) is 10.7. The predicted octanol–water partition coefficient (Wildman–Crippen LogP) is 4.40. The Kier molecular flexibility index (Phi) is 7.45. The molecule has 0 spiro atoms. The lowest BCUT2D eigenvalue weighted by molar-refractivity contribution is -0.140. The van der Waals surface area contributed by atoms with Crippen LogP contribution in [-0.2, 0) is 22.6 Å². The van der Waals surface area contributed by atoms with Crippen molar-refractivity contribution in [1.82, 2.24) is 10.2 Å². The van der Waals surface area contributed by atoms with Crippen LogP contribution in [0.25, 0.3) is 0 Å². The molecule has 1 N–H and O–H groups in total. The molecular formula is C25H32N2O2. The van der Waals surface area contributed by atoms with E-state index < -0.39 is 6.04 Å². The number of benzene rings is 2. The van der Waals surface area contributed by atoms with Gasteiger partial charge < -0.3 is 10.2 Å². The summed E-state index contributed by atoms with van der Waals surface area (Å²) in [6.07, 6.45) is 5.95. The van der Waals surface area contributed by atoms with Crippen LogP contribution in [0, 0.1) is 6.92 Å². The lowest BCUT2D eigenvalue weighted by Crippen LogP contribution is -2.50. The average Bonchev–Trinajstić information content (AvgIpc) is 2.73. The molecule has 2 amide bonds. The Hall–Kier alpha value is -2.62. The summed E-state index contributed by atoms with van der Waals surface area (Å²) in [5, 5.41) is 3.18. The minimum Gasteiger partial charge on any atom is -0.352 e. The zero-order chi connectivity index (χ0) is 20.6. The van der Waals surface area contributed by atoms with E-state index in [4.69, 9.17) is 0 Å². The third-order valence-corrected chi connectivity index (χ3v) is 5.75. The second-order valence-electron chi connectivity index (χ2n) is 8.19. The fourth-order valence-corrected chi connectivity index (χ4v) is 4.03. The Balaban J connectivity index is 1.74. The summed E-state index contributed by atoms with van der Waals surface area (Å²) >= 11 is 0. The van der Waals surface area contributed by atoms with Crippen LogP contribution in [0.5, 0.6) is 0 Å². The molecule has 0 aromatic heterocycles. The van der Waals surface area contributed by atoms with Crippen molar-refractivity contribution >= 4 is 11.8 Å². The van der Waals surface area contributed by atoms with Crippen LogP contribution in [0.15, 0.2) is 54.6 Å². The first-order valence-corrected chi connectivity index (χ1v) is 10.7. The fourth-order valence-electron chi connectivity index (χ4n) is 4.03. The predicted molar refractivity (Wildman–Crippen MR) is 116 cm³/mol. The largest absolute Gasteiger partial charge is 0.352 e. The third-order valence-electron chi connectivity index (χ3n) is 5.75. The van der Waals surface area contributed by atoms with Gasteiger partial charge in [0, 0.05) is 12.6 Å². The Morgan fingerprint density at radius 3 is 2.38 bits per heavy atom. The molecule has 0 radical (unpaired) electrons. The fraction of sp³-hybridized carbons (Fsp3) is 0.440. The Labute approximate surface area is 174 Å². The average molecular weight is 393 g/mol. The summed E-state index contributed by atoms with van der Waals surface area (Å²) in [5.74, 6) is -0.0741. The van der Waals surface area contributed by atoms with Gasteiger partial charge in [0.2, 0.25) is 11.8 Å². The molecular weight excluding hydrogens is 360 g/mol. The molecule has 0 unspecified atom stereocenters. The van der Waals surface area contributed by atoms with Gasteiger partial charge in [-0.25, -0.2) is 0 Å². The number of hydrogen-bond acceptors (Lipinski definition) is 2. The first-order chi connectivity index (χ1) is 14.0. The number of nitrogens with zero attached hydrogens (tertiary/aromatic N) is 1. The Bertz CT molecular complexity index is 813. The topological polar surface area (TPSA) is 49.4 Å². The summed E-state index contributed by atoms with van der Waals surface area (Å²) in [4.78, 5) is 27.9. The molecule has 3 rings (SSSR count). The molecule has 1 aliphatic carbocycles. The van der Waals surface area contributed by atoms with Crippen molar-refractivity contribution in [2.75, 3.05) is 0 Å². The van der Waals surface area contributed by atoms with Gasteiger partial charge in [-0.1, -0.05) is 79.4 Å². The second kappa shape index (κ2) is 10.2. The van der Waals surface area contributed by atoms with Gasteiger partial charge in [-0.05, 0) is 37.8 Å². The quantitative estimate of drug-likeness (QED) is 0.759. The van der Waals surface area contributed by atoms with Crippen molar-refractivity contribution in [3.63, 3.8) is 0 Å². The lowest BCUT2D eigenvalue weighted by Gasteiger charge is -2.31. The highest BCUT2D eigenvalue weighted by molar-refractivity contribution is 5.88. The van der Waals surface area contributed by atoms with Crippen molar-refractivity contribution in [3.05, 3.63) is 71.3 Å². The maximum Gasteiger partial charge on any atom is 0.242 e. The standard InChI is InChI=1S/C25H32N2O2/c1-19-10-9-13-22(16-19)18-27(24(28)17-21-11-5-3-6-12-21)20(2)25(29)26-23-14-7-4-8-15-23/h3,5-6,9-13,16,20,23H,4,7-8,14-15,17-18H2,1-2H3,(H,26,29)/t20-/m0/s1. The summed E-state index contributed by atoms with van der Waals surface area (Å²) in [6.45, 7) is 4.32. The SMILES string of the molecule is Cc1cccc(CN(C(=O)Cc2ccccc2)[C@@H](C)C(=O)NC2CCCCC2)c1. The molecule has 0 bridgehead atoms. The zero-order valence-electron chi connectivity index (χ0n) is 17.6. The van der Waals surface area contributed by atoms with E-state index in [0.717, 1.165) is 29.5 Å². The lowest BCUT2D eigenvalue weighted by atomic mass is 9.95. The molecule has 1 saturated carbocycles. The van der Waals surface area contributed by atoms with Crippen molar-refractivity contribution in [3.8, 4) is 0 Å². The van der Waals surface area contributed by atoms with Crippen molar-refractivity contribution in [2.24, 2.45) is 0 Å². The van der Waals surface area contributed by atoms with Gasteiger partial charge in [0.25, 0.3) is 0 Å². The monoisotopic (exact) mass is 392 g/mol. The molecule has 0 aliphatic heterocycles. The van der Waals surface area contributed by atoms with E-state index in [-0.39, 0.29) is 17.9 Å². The number of hydrogen-bond donors (Lipinski definition) is 1. The normalized spacial score (nSPS) is 15.5. The van der Waals surface area contributed by atoms with Crippen LogP contribution in [0.2, 0.25) is 0 Å². The molecule has 4 heteroatoms. The Morgan fingerprint density at radius 1 is 1.00 bits per heavy atom. The van der Waals surface area contributed by atoms with E-state index in [1.165, 1.54) is 19.3 Å². The van der Waals surface area contributed by atoms with E-state index in [1.54, 1.807) is 4.90 Å². The van der Waals surface area contributed by atoms with Crippen LogP contribution >= 0.6 is 0 Å². The zero-order valence-corrected chi connectivity index (χ0v) is 17.6. The van der Waals surface area contributed by atoms with E-state index >= 15 is 0 Å². The van der Waals surface area contributed by atoms with Gasteiger partial charge in [-0.15, -0.1) is 0 Å². The molecule has 1 aliphatic rings. The van der Waals surface area contributed by atoms with E-state index in [1.807, 2.05) is 62.4 Å². The maximum atomic E-state index is 13.2. The van der Waals surface area contributed by atoms with Gasteiger partial charge in [0.1, 0.15) is 6.04 Å². The molecule has 2 aromatic carbocycles. The minimum atomic E-state index is -0.506.